The minimum Gasteiger partial charge on any atom is -0.352 e. The van der Waals surface area contributed by atoms with Crippen LogP contribution in [-0.4, -0.2) is 34.6 Å². The fourth-order valence-corrected chi connectivity index (χ4v) is 4.12. The monoisotopic (exact) mass is 460 g/mol. The van der Waals surface area contributed by atoms with Crippen LogP contribution in [0, 0.1) is 6.92 Å². The van der Waals surface area contributed by atoms with Crippen LogP contribution in [-0.2, 0) is 16.1 Å². The number of thioether (sulfide) groups is 1. The van der Waals surface area contributed by atoms with Gasteiger partial charge in [0.15, 0.2) is 0 Å². The summed E-state index contributed by atoms with van der Waals surface area (Å²) in [6.45, 7) is 8.28. The maximum absolute atomic E-state index is 13.1. The summed E-state index contributed by atoms with van der Waals surface area (Å²) in [5.74, 6) is 0.731. The number of halogens is 1. The second-order valence-corrected chi connectivity index (χ2v) is 9.52. The number of carbonyl (C=O) groups excluding carboxylic acids is 2. The van der Waals surface area contributed by atoms with Gasteiger partial charge >= 0.3 is 0 Å². The standard InChI is InChI=1S/C25H33ClN2O2S/c1-5-19(3)27-25(30)20(4)28(17-21-9-6-8-18(2)16-21)24(29)10-7-15-31-23-13-11-22(26)12-14-23/h6,8-9,11-14,16,19-20H,5,7,10,15,17H2,1-4H3,(H,27,30). The average Bonchev–Trinajstić information content (AvgIpc) is 2.75. The number of rotatable bonds is 11. The van der Waals surface area contributed by atoms with E-state index in [9.17, 15) is 9.59 Å². The Hall–Kier alpha value is -1.98. The molecule has 0 aliphatic heterocycles. The summed E-state index contributed by atoms with van der Waals surface area (Å²) < 4.78 is 0. The molecule has 2 atom stereocenters. The molecule has 0 heterocycles. The van der Waals surface area contributed by atoms with Crippen molar-refractivity contribution in [3.05, 3.63) is 64.7 Å². The summed E-state index contributed by atoms with van der Waals surface area (Å²) in [5, 5.41) is 3.73. The topological polar surface area (TPSA) is 49.4 Å². The van der Waals surface area contributed by atoms with E-state index < -0.39 is 6.04 Å². The zero-order valence-corrected chi connectivity index (χ0v) is 20.4. The Kier molecular flexibility index (Phi) is 10.4. The number of carbonyl (C=O) groups is 2. The van der Waals surface area contributed by atoms with E-state index >= 15 is 0 Å². The molecule has 0 radical (unpaired) electrons. The van der Waals surface area contributed by atoms with Crippen molar-refractivity contribution >= 4 is 35.2 Å². The van der Waals surface area contributed by atoms with Crippen molar-refractivity contribution in [1.82, 2.24) is 10.2 Å². The molecule has 0 aromatic heterocycles. The lowest BCUT2D eigenvalue weighted by Crippen LogP contribution is -2.49. The highest BCUT2D eigenvalue weighted by molar-refractivity contribution is 7.99. The van der Waals surface area contributed by atoms with Crippen LogP contribution in [0.1, 0.15) is 51.2 Å². The van der Waals surface area contributed by atoms with Crippen LogP contribution in [0.4, 0.5) is 0 Å². The van der Waals surface area contributed by atoms with Gasteiger partial charge in [0.1, 0.15) is 6.04 Å². The van der Waals surface area contributed by atoms with Gasteiger partial charge in [-0.15, -0.1) is 11.8 Å². The van der Waals surface area contributed by atoms with E-state index in [1.165, 1.54) is 0 Å². The van der Waals surface area contributed by atoms with Gasteiger partial charge in [-0.3, -0.25) is 9.59 Å². The molecular weight excluding hydrogens is 428 g/mol. The molecule has 168 valence electrons. The molecule has 31 heavy (non-hydrogen) atoms. The van der Waals surface area contributed by atoms with Crippen molar-refractivity contribution in [2.24, 2.45) is 0 Å². The summed E-state index contributed by atoms with van der Waals surface area (Å²) in [5.41, 5.74) is 2.17. The SMILES string of the molecule is CCC(C)NC(=O)C(C)N(Cc1cccc(C)c1)C(=O)CCCSc1ccc(Cl)cc1. The molecule has 0 spiro atoms. The van der Waals surface area contributed by atoms with Crippen molar-refractivity contribution < 1.29 is 9.59 Å². The zero-order chi connectivity index (χ0) is 22.8. The molecule has 2 rings (SSSR count). The molecule has 6 heteroatoms. The second-order valence-electron chi connectivity index (χ2n) is 7.91. The van der Waals surface area contributed by atoms with E-state index in [0.717, 1.165) is 39.6 Å². The van der Waals surface area contributed by atoms with Gasteiger partial charge in [-0.2, -0.15) is 0 Å². The maximum atomic E-state index is 13.1. The minimum absolute atomic E-state index is 0.00464. The Balaban J connectivity index is 2.00. The van der Waals surface area contributed by atoms with Crippen molar-refractivity contribution in [2.75, 3.05) is 5.75 Å². The molecule has 2 amide bonds. The fraction of sp³-hybridized carbons (Fsp3) is 0.440. The Bertz CT molecular complexity index is 857. The number of hydrogen-bond acceptors (Lipinski definition) is 3. The lowest BCUT2D eigenvalue weighted by molar-refractivity contribution is -0.140. The first kappa shape index (κ1) is 25.3. The van der Waals surface area contributed by atoms with Gasteiger partial charge in [-0.25, -0.2) is 0 Å². The smallest absolute Gasteiger partial charge is 0.242 e. The van der Waals surface area contributed by atoms with Crippen molar-refractivity contribution in [3.8, 4) is 0 Å². The minimum atomic E-state index is -0.522. The highest BCUT2D eigenvalue weighted by Crippen LogP contribution is 2.22. The van der Waals surface area contributed by atoms with Crippen LogP contribution in [0.5, 0.6) is 0 Å². The molecule has 1 N–H and O–H groups in total. The van der Waals surface area contributed by atoms with Crippen LogP contribution in [0.2, 0.25) is 5.02 Å². The van der Waals surface area contributed by atoms with Crippen molar-refractivity contribution in [3.63, 3.8) is 0 Å². The number of benzene rings is 2. The van der Waals surface area contributed by atoms with Gasteiger partial charge in [-0.1, -0.05) is 48.4 Å². The lowest BCUT2D eigenvalue weighted by atomic mass is 10.1. The van der Waals surface area contributed by atoms with Crippen LogP contribution in [0.25, 0.3) is 0 Å². The quantitative estimate of drug-likeness (QED) is 0.338. The van der Waals surface area contributed by atoms with Gasteiger partial charge in [0.2, 0.25) is 11.8 Å². The molecule has 0 aliphatic carbocycles. The molecular formula is C25H33ClN2O2S. The van der Waals surface area contributed by atoms with Gasteiger partial charge in [0.05, 0.1) is 0 Å². The molecule has 2 unspecified atom stereocenters. The van der Waals surface area contributed by atoms with E-state index in [-0.39, 0.29) is 17.9 Å². The van der Waals surface area contributed by atoms with Gasteiger partial charge in [0, 0.05) is 28.9 Å². The normalized spacial score (nSPS) is 12.8. The first-order valence-electron chi connectivity index (χ1n) is 10.8. The largest absolute Gasteiger partial charge is 0.352 e. The van der Waals surface area contributed by atoms with Gasteiger partial charge in [0.25, 0.3) is 0 Å². The van der Waals surface area contributed by atoms with E-state index in [4.69, 9.17) is 11.6 Å². The van der Waals surface area contributed by atoms with Crippen LogP contribution in [0.15, 0.2) is 53.4 Å². The summed E-state index contributed by atoms with van der Waals surface area (Å²) in [7, 11) is 0. The van der Waals surface area contributed by atoms with Crippen LogP contribution in [0.3, 0.4) is 0 Å². The molecule has 0 saturated heterocycles. The van der Waals surface area contributed by atoms with Crippen LogP contribution >= 0.6 is 23.4 Å². The zero-order valence-electron chi connectivity index (χ0n) is 18.9. The first-order chi connectivity index (χ1) is 14.8. The number of nitrogens with zero attached hydrogens (tertiary/aromatic N) is 1. The highest BCUT2D eigenvalue weighted by atomic mass is 35.5. The van der Waals surface area contributed by atoms with Gasteiger partial charge in [-0.05, 0) is 69.2 Å². The summed E-state index contributed by atoms with van der Waals surface area (Å²) >= 11 is 7.64. The Morgan fingerprint density at radius 3 is 2.48 bits per heavy atom. The highest BCUT2D eigenvalue weighted by Gasteiger charge is 2.26. The molecule has 0 saturated carbocycles. The molecule has 0 aliphatic rings. The Labute approximate surface area is 195 Å². The summed E-state index contributed by atoms with van der Waals surface area (Å²) in [6.07, 6.45) is 2.01. The Morgan fingerprint density at radius 2 is 1.84 bits per heavy atom. The van der Waals surface area contributed by atoms with Crippen molar-refractivity contribution in [2.45, 2.75) is 70.5 Å². The first-order valence-corrected chi connectivity index (χ1v) is 12.2. The number of nitrogens with one attached hydrogen (secondary N) is 1. The molecule has 4 nitrogen and oxygen atoms in total. The van der Waals surface area contributed by atoms with Gasteiger partial charge < -0.3 is 10.2 Å². The Morgan fingerprint density at radius 1 is 1.13 bits per heavy atom. The third-order valence-corrected chi connectivity index (χ3v) is 6.57. The predicted octanol–water partition coefficient (Wildman–Crippen LogP) is 5.85. The van der Waals surface area contributed by atoms with E-state index in [2.05, 4.69) is 11.4 Å². The van der Waals surface area contributed by atoms with Crippen LogP contribution < -0.4 is 5.32 Å². The molecule has 2 aromatic carbocycles. The maximum Gasteiger partial charge on any atom is 0.242 e. The predicted molar refractivity (Wildman–Crippen MR) is 130 cm³/mol. The number of amides is 2. The van der Waals surface area contributed by atoms with E-state index in [1.807, 2.05) is 70.2 Å². The van der Waals surface area contributed by atoms with Crippen molar-refractivity contribution in [1.29, 1.82) is 0 Å². The average molecular weight is 461 g/mol. The lowest BCUT2D eigenvalue weighted by Gasteiger charge is -2.30. The fourth-order valence-electron chi connectivity index (χ4n) is 3.14. The number of aryl methyl sites for hydroxylation is 1. The molecule has 0 bridgehead atoms. The molecule has 2 aromatic rings. The molecule has 0 fully saturated rings. The summed E-state index contributed by atoms with van der Waals surface area (Å²) in [6, 6.07) is 15.4. The third kappa shape index (κ3) is 8.58. The number of hydrogen-bond donors (Lipinski definition) is 1. The second kappa shape index (κ2) is 12.8. The van der Waals surface area contributed by atoms with E-state index in [1.54, 1.807) is 16.7 Å². The third-order valence-electron chi connectivity index (χ3n) is 5.22. The summed E-state index contributed by atoms with van der Waals surface area (Å²) in [4.78, 5) is 28.7. The van der Waals surface area contributed by atoms with E-state index in [0.29, 0.717) is 13.0 Å².